The minimum Gasteiger partial charge on any atom is -0.399 e. The average molecular weight is 217 g/mol. The zero-order valence-electron chi connectivity index (χ0n) is 9.47. The summed E-state index contributed by atoms with van der Waals surface area (Å²) in [6.45, 7) is 1.85. The second-order valence-corrected chi connectivity index (χ2v) is 3.75. The Kier molecular flexibility index (Phi) is 3.90. The molecule has 0 aromatic heterocycles. The third kappa shape index (κ3) is 2.74. The highest BCUT2D eigenvalue weighted by Gasteiger charge is 2.16. The first-order valence-corrected chi connectivity index (χ1v) is 5.06. The molecule has 1 amide bonds. The molecular weight excluding hydrogens is 202 g/mol. The number of hydrogen-bond acceptors (Lipinski definition) is 3. The molecule has 1 unspecified atom stereocenters. The SMILES string of the molecule is CC(CC#N)N(C)C(=O)c1ccc(N)cc1. The molecule has 0 radical (unpaired) electrons. The molecule has 16 heavy (non-hydrogen) atoms. The van der Waals surface area contributed by atoms with Crippen molar-refractivity contribution in [2.24, 2.45) is 0 Å². The largest absolute Gasteiger partial charge is 0.399 e. The van der Waals surface area contributed by atoms with Crippen LogP contribution in [0.4, 0.5) is 5.69 Å². The molecule has 1 aromatic rings. The maximum atomic E-state index is 11.9. The number of nitrogens with zero attached hydrogens (tertiary/aromatic N) is 2. The lowest BCUT2D eigenvalue weighted by Crippen LogP contribution is -2.34. The van der Waals surface area contributed by atoms with Gasteiger partial charge in [0.2, 0.25) is 0 Å². The van der Waals surface area contributed by atoms with Crippen LogP contribution in [-0.2, 0) is 0 Å². The number of carbonyl (C=O) groups is 1. The van der Waals surface area contributed by atoms with E-state index in [2.05, 4.69) is 0 Å². The number of nitrogens with two attached hydrogens (primary N) is 1. The van der Waals surface area contributed by atoms with Crippen molar-refractivity contribution in [3.8, 4) is 6.07 Å². The molecule has 0 aliphatic rings. The first-order valence-electron chi connectivity index (χ1n) is 5.06. The van der Waals surface area contributed by atoms with Crippen LogP contribution in [0, 0.1) is 11.3 Å². The summed E-state index contributed by atoms with van der Waals surface area (Å²) in [6.07, 6.45) is 0.331. The summed E-state index contributed by atoms with van der Waals surface area (Å²) < 4.78 is 0. The van der Waals surface area contributed by atoms with Gasteiger partial charge in [-0.1, -0.05) is 0 Å². The predicted molar refractivity (Wildman–Crippen MR) is 62.6 cm³/mol. The lowest BCUT2D eigenvalue weighted by Gasteiger charge is -2.22. The first kappa shape index (κ1) is 12.1. The van der Waals surface area contributed by atoms with Gasteiger partial charge in [-0.05, 0) is 31.2 Å². The smallest absolute Gasteiger partial charge is 0.253 e. The Morgan fingerprint density at radius 2 is 2.06 bits per heavy atom. The van der Waals surface area contributed by atoms with Gasteiger partial charge in [0.15, 0.2) is 0 Å². The Balaban J connectivity index is 2.78. The van der Waals surface area contributed by atoms with Gasteiger partial charge in [0.05, 0.1) is 12.5 Å². The lowest BCUT2D eigenvalue weighted by molar-refractivity contribution is 0.0746. The van der Waals surface area contributed by atoms with Gasteiger partial charge in [-0.2, -0.15) is 5.26 Å². The molecule has 0 heterocycles. The maximum absolute atomic E-state index is 11.9. The average Bonchev–Trinajstić information content (AvgIpc) is 2.28. The monoisotopic (exact) mass is 217 g/mol. The highest BCUT2D eigenvalue weighted by Crippen LogP contribution is 2.10. The van der Waals surface area contributed by atoms with Gasteiger partial charge in [-0.15, -0.1) is 0 Å². The molecule has 0 aliphatic heterocycles. The number of amides is 1. The molecule has 1 rings (SSSR count). The van der Waals surface area contributed by atoms with Crippen LogP contribution in [0.5, 0.6) is 0 Å². The molecule has 0 saturated heterocycles. The third-order valence-corrected chi connectivity index (χ3v) is 2.53. The van der Waals surface area contributed by atoms with Gasteiger partial charge in [0.25, 0.3) is 5.91 Å². The Bertz CT molecular complexity index is 405. The normalized spacial score (nSPS) is 11.6. The summed E-state index contributed by atoms with van der Waals surface area (Å²) in [5.41, 5.74) is 6.76. The fourth-order valence-electron chi connectivity index (χ4n) is 1.30. The van der Waals surface area contributed by atoms with Crippen LogP contribution in [0.2, 0.25) is 0 Å². The molecule has 4 nitrogen and oxygen atoms in total. The van der Waals surface area contributed by atoms with E-state index in [1.807, 2.05) is 13.0 Å². The molecule has 2 N–H and O–H groups in total. The highest BCUT2D eigenvalue weighted by molar-refractivity contribution is 5.94. The van der Waals surface area contributed by atoms with Crippen LogP contribution in [0.25, 0.3) is 0 Å². The van der Waals surface area contributed by atoms with E-state index in [0.29, 0.717) is 17.7 Å². The van der Waals surface area contributed by atoms with Gasteiger partial charge in [0, 0.05) is 24.3 Å². The topological polar surface area (TPSA) is 70.1 Å². The summed E-state index contributed by atoms with van der Waals surface area (Å²) in [7, 11) is 1.70. The standard InChI is InChI=1S/C12H15N3O/c1-9(7-8-13)15(2)12(16)10-3-5-11(14)6-4-10/h3-6,9H,7,14H2,1-2H3. The first-order chi connectivity index (χ1) is 7.56. The van der Waals surface area contributed by atoms with Crippen molar-refractivity contribution in [3.05, 3.63) is 29.8 Å². The number of rotatable bonds is 3. The molecule has 0 spiro atoms. The van der Waals surface area contributed by atoms with Gasteiger partial charge in [0.1, 0.15) is 0 Å². The van der Waals surface area contributed by atoms with E-state index in [1.54, 1.807) is 36.2 Å². The Morgan fingerprint density at radius 1 is 1.50 bits per heavy atom. The van der Waals surface area contributed by atoms with Gasteiger partial charge >= 0.3 is 0 Å². The van der Waals surface area contributed by atoms with E-state index in [1.165, 1.54) is 0 Å². The Hall–Kier alpha value is -2.02. The van der Waals surface area contributed by atoms with Crippen LogP contribution in [0.3, 0.4) is 0 Å². The van der Waals surface area contributed by atoms with Gasteiger partial charge < -0.3 is 10.6 Å². The van der Waals surface area contributed by atoms with E-state index in [9.17, 15) is 4.79 Å². The molecule has 1 aromatic carbocycles. The molecule has 4 heteroatoms. The quantitative estimate of drug-likeness (QED) is 0.782. The molecule has 0 aliphatic carbocycles. The van der Waals surface area contributed by atoms with Crippen LogP contribution < -0.4 is 5.73 Å². The van der Waals surface area contributed by atoms with E-state index < -0.39 is 0 Å². The number of anilines is 1. The number of benzene rings is 1. The zero-order valence-corrected chi connectivity index (χ0v) is 9.47. The number of carbonyl (C=O) groups excluding carboxylic acids is 1. The van der Waals surface area contributed by atoms with E-state index in [-0.39, 0.29) is 11.9 Å². The summed E-state index contributed by atoms with van der Waals surface area (Å²) in [5.74, 6) is -0.0947. The zero-order chi connectivity index (χ0) is 12.1. The second kappa shape index (κ2) is 5.17. The minimum absolute atomic E-state index is 0.0879. The predicted octanol–water partition coefficient (Wildman–Crippen LogP) is 1.64. The number of nitrogen functional groups attached to an aromatic ring is 1. The fraction of sp³-hybridized carbons (Fsp3) is 0.333. The van der Waals surface area contributed by atoms with Crippen molar-refractivity contribution < 1.29 is 4.79 Å². The molecule has 1 atom stereocenters. The van der Waals surface area contributed by atoms with Gasteiger partial charge in [-0.25, -0.2) is 0 Å². The van der Waals surface area contributed by atoms with Crippen molar-refractivity contribution in [3.63, 3.8) is 0 Å². The summed E-state index contributed by atoms with van der Waals surface area (Å²) >= 11 is 0. The van der Waals surface area contributed by atoms with Crippen molar-refractivity contribution in [1.82, 2.24) is 4.90 Å². The van der Waals surface area contributed by atoms with Crippen molar-refractivity contribution in [1.29, 1.82) is 5.26 Å². The van der Waals surface area contributed by atoms with Crippen molar-refractivity contribution in [2.75, 3.05) is 12.8 Å². The van der Waals surface area contributed by atoms with E-state index in [4.69, 9.17) is 11.0 Å². The van der Waals surface area contributed by atoms with Crippen molar-refractivity contribution in [2.45, 2.75) is 19.4 Å². The molecular formula is C12H15N3O. The van der Waals surface area contributed by atoms with Crippen LogP contribution in [0.15, 0.2) is 24.3 Å². The minimum atomic E-state index is -0.0947. The Morgan fingerprint density at radius 3 is 2.56 bits per heavy atom. The van der Waals surface area contributed by atoms with E-state index >= 15 is 0 Å². The molecule has 84 valence electrons. The number of nitriles is 1. The fourth-order valence-corrected chi connectivity index (χ4v) is 1.30. The molecule has 0 saturated carbocycles. The van der Waals surface area contributed by atoms with Crippen molar-refractivity contribution >= 4 is 11.6 Å². The van der Waals surface area contributed by atoms with Crippen LogP contribution in [-0.4, -0.2) is 23.9 Å². The van der Waals surface area contributed by atoms with Gasteiger partial charge in [-0.3, -0.25) is 4.79 Å². The summed E-state index contributed by atoms with van der Waals surface area (Å²) in [5, 5.41) is 8.57. The lowest BCUT2D eigenvalue weighted by atomic mass is 10.1. The maximum Gasteiger partial charge on any atom is 0.253 e. The van der Waals surface area contributed by atoms with Crippen LogP contribution in [0.1, 0.15) is 23.7 Å². The van der Waals surface area contributed by atoms with E-state index in [0.717, 1.165) is 0 Å². The summed E-state index contributed by atoms with van der Waals surface area (Å²) in [4.78, 5) is 13.5. The number of hydrogen-bond donors (Lipinski definition) is 1. The molecule has 0 bridgehead atoms. The van der Waals surface area contributed by atoms with Crippen LogP contribution >= 0.6 is 0 Å². The third-order valence-electron chi connectivity index (χ3n) is 2.53. The highest BCUT2D eigenvalue weighted by atomic mass is 16.2. The summed E-state index contributed by atoms with van der Waals surface area (Å²) in [6, 6.07) is 8.72. The second-order valence-electron chi connectivity index (χ2n) is 3.75. The molecule has 0 fully saturated rings. The Labute approximate surface area is 95.3 Å².